The van der Waals surface area contributed by atoms with E-state index in [2.05, 4.69) is 9.62 Å². The molecule has 1 saturated heterocycles. The molecule has 0 spiro atoms. The summed E-state index contributed by atoms with van der Waals surface area (Å²) >= 11 is 0. The fraction of sp³-hybridized carbons (Fsp3) is 0.316. The first-order chi connectivity index (χ1) is 12.3. The second-order valence-electron chi connectivity index (χ2n) is 6.59. The lowest BCUT2D eigenvalue weighted by Crippen LogP contribution is -2.47. The molecule has 6 nitrogen and oxygen atoms in total. The number of carbonyl (C=O) groups excluding carboxylic acids is 1. The number of nitrogens with one attached hydrogen (secondary N) is 1. The van der Waals surface area contributed by atoms with Crippen LogP contribution in [-0.4, -0.2) is 57.4 Å². The molecule has 7 heteroatoms. The van der Waals surface area contributed by atoms with Crippen LogP contribution in [0.2, 0.25) is 0 Å². The maximum absolute atomic E-state index is 12.5. The smallest absolute Gasteiger partial charge is 0.261 e. The van der Waals surface area contributed by atoms with Gasteiger partial charge in [0.15, 0.2) is 0 Å². The van der Waals surface area contributed by atoms with Gasteiger partial charge in [0.25, 0.3) is 15.9 Å². The van der Waals surface area contributed by atoms with Crippen molar-refractivity contribution in [1.82, 2.24) is 9.80 Å². The van der Waals surface area contributed by atoms with E-state index in [0.717, 1.165) is 18.7 Å². The van der Waals surface area contributed by atoms with Crippen LogP contribution in [0, 0.1) is 6.92 Å². The predicted octanol–water partition coefficient (Wildman–Crippen LogP) is 2.18. The molecule has 1 aliphatic heterocycles. The van der Waals surface area contributed by atoms with E-state index in [1.54, 1.807) is 42.5 Å². The number of sulfonamides is 1. The number of benzene rings is 2. The standard InChI is InChI=1S/C19H23N3O3S/c1-15-4-3-5-18(14-15)26(24,25)20-17-8-6-16(7-9-17)19(23)22-12-10-21(2)11-13-22/h3-9,14,20H,10-13H2,1-2H3. The highest BCUT2D eigenvalue weighted by atomic mass is 32.2. The summed E-state index contributed by atoms with van der Waals surface area (Å²) in [6.45, 7) is 4.98. The van der Waals surface area contributed by atoms with Crippen LogP contribution < -0.4 is 4.72 Å². The molecule has 0 radical (unpaired) electrons. The zero-order valence-corrected chi connectivity index (χ0v) is 15.8. The van der Waals surface area contributed by atoms with Gasteiger partial charge < -0.3 is 9.80 Å². The summed E-state index contributed by atoms with van der Waals surface area (Å²) in [4.78, 5) is 16.8. The Bertz CT molecular complexity index is 887. The highest BCUT2D eigenvalue weighted by Gasteiger charge is 2.20. The van der Waals surface area contributed by atoms with Gasteiger partial charge in [-0.15, -0.1) is 0 Å². The van der Waals surface area contributed by atoms with Crippen molar-refractivity contribution >= 4 is 21.6 Å². The third-order valence-electron chi connectivity index (χ3n) is 4.47. The topological polar surface area (TPSA) is 69.7 Å². The number of nitrogens with zero attached hydrogens (tertiary/aromatic N) is 2. The summed E-state index contributed by atoms with van der Waals surface area (Å²) in [5.74, 6) is -0.0220. The minimum absolute atomic E-state index is 0.0220. The maximum atomic E-state index is 12.5. The first-order valence-electron chi connectivity index (χ1n) is 8.52. The Labute approximate surface area is 154 Å². The molecule has 0 saturated carbocycles. The minimum atomic E-state index is -3.65. The van der Waals surface area contributed by atoms with Crippen molar-refractivity contribution in [1.29, 1.82) is 0 Å². The number of aryl methyl sites for hydroxylation is 1. The van der Waals surface area contributed by atoms with Crippen LogP contribution in [-0.2, 0) is 10.0 Å². The molecule has 0 aliphatic carbocycles. The molecule has 0 bridgehead atoms. The van der Waals surface area contributed by atoms with E-state index in [0.29, 0.717) is 24.3 Å². The molecule has 26 heavy (non-hydrogen) atoms. The summed E-state index contributed by atoms with van der Waals surface area (Å²) in [6.07, 6.45) is 0. The summed E-state index contributed by atoms with van der Waals surface area (Å²) < 4.78 is 27.5. The lowest BCUT2D eigenvalue weighted by atomic mass is 10.1. The maximum Gasteiger partial charge on any atom is 0.261 e. The number of likely N-dealkylation sites (N-methyl/N-ethyl adjacent to an activating group) is 1. The van der Waals surface area contributed by atoms with Gasteiger partial charge in [-0.25, -0.2) is 8.42 Å². The van der Waals surface area contributed by atoms with Crippen LogP contribution >= 0.6 is 0 Å². The van der Waals surface area contributed by atoms with Crippen molar-refractivity contribution < 1.29 is 13.2 Å². The molecule has 1 heterocycles. The third kappa shape index (κ3) is 4.23. The van der Waals surface area contributed by atoms with Gasteiger partial charge in [0.1, 0.15) is 0 Å². The largest absolute Gasteiger partial charge is 0.336 e. The van der Waals surface area contributed by atoms with Gasteiger partial charge in [0.05, 0.1) is 4.90 Å². The highest BCUT2D eigenvalue weighted by molar-refractivity contribution is 7.92. The third-order valence-corrected chi connectivity index (χ3v) is 5.85. The molecule has 138 valence electrons. The fourth-order valence-corrected chi connectivity index (χ4v) is 4.03. The zero-order chi connectivity index (χ0) is 18.7. The number of carbonyl (C=O) groups is 1. The Kier molecular flexibility index (Phi) is 5.29. The Morgan fingerprint density at radius 2 is 1.65 bits per heavy atom. The van der Waals surface area contributed by atoms with E-state index >= 15 is 0 Å². The number of hydrogen-bond acceptors (Lipinski definition) is 4. The van der Waals surface area contributed by atoms with Crippen molar-refractivity contribution in [3.63, 3.8) is 0 Å². The molecular weight excluding hydrogens is 350 g/mol. The molecule has 1 N–H and O–H groups in total. The normalized spacial score (nSPS) is 15.7. The molecule has 0 unspecified atom stereocenters. The number of rotatable bonds is 4. The van der Waals surface area contributed by atoms with Crippen molar-refractivity contribution in [3.05, 3.63) is 59.7 Å². The number of hydrogen-bond donors (Lipinski definition) is 1. The number of anilines is 1. The SMILES string of the molecule is Cc1cccc(S(=O)(=O)Nc2ccc(C(=O)N3CCN(C)CC3)cc2)c1. The molecule has 2 aromatic carbocycles. The Morgan fingerprint density at radius 1 is 1.00 bits per heavy atom. The first-order valence-corrected chi connectivity index (χ1v) is 10.0. The van der Waals surface area contributed by atoms with Gasteiger partial charge in [-0.2, -0.15) is 0 Å². The molecule has 0 atom stereocenters. The zero-order valence-electron chi connectivity index (χ0n) is 15.0. The van der Waals surface area contributed by atoms with E-state index in [9.17, 15) is 13.2 Å². The van der Waals surface area contributed by atoms with Gasteiger partial charge >= 0.3 is 0 Å². The van der Waals surface area contributed by atoms with Crippen molar-refractivity contribution in [3.8, 4) is 0 Å². The van der Waals surface area contributed by atoms with E-state index < -0.39 is 10.0 Å². The first kappa shape index (κ1) is 18.4. The van der Waals surface area contributed by atoms with E-state index in [4.69, 9.17) is 0 Å². The number of amides is 1. The molecule has 3 rings (SSSR count). The lowest BCUT2D eigenvalue weighted by Gasteiger charge is -2.32. The van der Waals surface area contributed by atoms with Crippen LogP contribution in [0.1, 0.15) is 15.9 Å². The summed E-state index contributed by atoms with van der Waals surface area (Å²) in [5.41, 5.74) is 1.87. The van der Waals surface area contributed by atoms with Gasteiger partial charge in [0.2, 0.25) is 0 Å². The minimum Gasteiger partial charge on any atom is -0.336 e. The van der Waals surface area contributed by atoms with Crippen molar-refractivity contribution in [2.24, 2.45) is 0 Å². The fourth-order valence-electron chi connectivity index (χ4n) is 2.87. The summed E-state index contributed by atoms with van der Waals surface area (Å²) in [5, 5.41) is 0. The van der Waals surface area contributed by atoms with Gasteiger partial charge in [0, 0.05) is 37.4 Å². The molecular formula is C19H23N3O3S. The highest BCUT2D eigenvalue weighted by Crippen LogP contribution is 2.18. The average Bonchev–Trinajstić information content (AvgIpc) is 2.62. The number of piperazine rings is 1. The lowest BCUT2D eigenvalue weighted by molar-refractivity contribution is 0.0664. The monoisotopic (exact) mass is 373 g/mol. The quantitative estimate of drug-likeness (QED) is 0.892. The Balaban J connectivity index is 1.70. The van der Waals surface area contributed by atoms with Crippen LogP contribution in [0.3, 0.4) is 0 Å². The van der Waals surface area contributed by atoms with Crippen LogP contribution in [0.25, 0.3) is 0 Å². The molecule has 0 aromatic heterocycles. The van der Waals surface area contributed by atoms with E-state index in [1.165, 1.54) is 0 Å². The van der Waals surface area contributed by atoms with Crippen molar-refractivity contribution in [2.75, 3.05) is 37.9 Å². The van der Waals surface area contributed by atoms with Crippen LogP contribution in [0.4, 0.5) is 5.69 Å². The predicted molar refractivity (Wildman–Crippen MR) is 102 cm³/mol. The van der Waals surface area contributed by atoms with Crippen LogP contribution in [0.15, 0.2) is 53.4 Å². The van der Waals surface area contributed by atoms with E-state index in [1.807, 2.05) is 24.9 Å². The van der Waals surface area contributed by atoms with Crippen LogP contribution in [0.5, 0.6) is 0 Å². The van der Waals surface area contributed by atoms with Gasteiger partial charge in [-0.05, 0) is 55.9 Å². The second-order valence-corrected chi connectivity index (χ2v) is 8.28. The molecule has 1 aliphatic rings. The Morgan fingerprint density at radius 3 is 2.27 bits per heavy atom. The van der Waals surface area contributed by atoms with Gasteiger partial charge in [-0.1, -0.05) is 12.1 Å². The molecule has 2 aromatic rings. The molecule has 1 fully saturated rings. The van der Waals surface area contributed by atoms with Crippen molar-refractivity contribution in [2.45, 2.75) is 11.8 Å². The summed E-state index contributed by atoms with van der Waals surface area (Å²) in [7, 11) is -1.61. The Hall–Kier alpha value is -2.38. The van der Waals surface area contributed by atoms with Gasteiger partial charge in [-0.3, -0.25) is 9.52 Å². The molecule has 1 amide bonds. The second kappa shape index (κ2) is 7.47. The van der Waals surface area contributed by atoms with E-state index in [-0.39, 0.29) is 10.8 Å². The summed E-state index contributed by atoms with van der Waals surface area (Å²) in [6, 6.07) is 13.3. The average molecular weight is 373 g/mol.